The van der Waals surface area contributed by atoms with Gasteiger partial charge in [0.25, 0.3) is 0 Å². The minimum absolute atomic E-state index is 0.124. The second-order valence-electron chi connectivity index (χ2n) is 5.23. The Balaban J connectivity index is 3.15. The van der Waals surface area contributed by atoms with Crippen molar-refractivity contribution in [2.24, 2.45) is 0 Å². The lowest BCUT2D eigenvalue weighted by molar-refractivity contribution is 0.587. The molecule has 1 aromatic carbocycles. The minimum Gasteiger partial charge on any atom is -0.248 e. The molecule has 0 heterocycles. The normalized spacial score (nSPS) is 16.1. The van der Waals surface area contributed by atoms with Crippen LogP contribution < -0.4 is 0 Å². The topological polar surface area (TPSA) is 20.3 Å². The van der Waals surface area contributed by atoms with E-state index in [1.54, 1.807) is 18.4 Å². The second kappa shape index (κ2) is 4.22. The molecule has 0 N–H and O–H groups in total. The Morgan fingerprint density at radius 3 is 1.88 bits per heavy atom. The Labute approximate surface area is 99.4 Å². The first kappa shape index (κ1) is 13.3. The van der Waals surface area contributed by atoms with Crippen molar-refractivity contribution in [3.8, 4) is 0 Å². The fourth-order valence-electron chi connectivity index (χ4n) is 1.38. The maximum Gasteiger partial charge on any atom is 0.0553 e. The van der Waals surface area contributed by atoms with Crippen LogP contribution in [0.5, 0.6) is 0 Å². The van der Waals surface area contributed by atoms with Gasteiger partial charge in [0.15, 0.2) is 0 Å². The van der Waals surface area contributed by atoms with Crippen LogP contribution in [0.4, 0.5) is 0 Å². The summed E-state index contributed by atoms with van der Waals surface area (Å²) in [4.78, 5) is 0.783. The highest BCUT2D eigenvalue weighted by Gasteiger charge is 2.15. The van der Waals surface area contributed by atoms with Gasteiger partial charge in [-0.1, -0.05) is 32.9 Å². The third kappa shape index (κ3) is 2.66. The van der Waals surface area contributed by atoms with Gasteiger partial charge in [-0.3, -0.25) is 0 Å². The van der Waals surface area contributed by atoms with Crippen LogP contribution >= 0.6 is 0 Å². The van der Waals surface area contributed by atoms with E-state index in [4.69, 9.17) is 0 Å². The number of benzene rings is 1. The summed E-state index contributed by atoms with van der Waals surface area (Å²) in [6.45, 7) is 6.49. The molecule has 0 aliphatic carbocycles. The second-order valence-corrected chi connectivity index (χ2v) is 7.71. The van der Waals surface area contributed by atoms with E-state index in [1.807, 2.05) is 24.3 Å². The summed E-state index contributed by atoms with van der Waals surface area (Å²) in [6.07, 6.45) is 0. The Morgan fingerprint density at radius 2 is 1.56 bits per heavy atom. The molecule has 1 unspecified atom stereocenters. The monoisotopic (exact) mass is 239 g/mol. The van der Waals surface area contributed by atoms with E-state index in [0.29, 0.717) is 0 Å². The van der Waals surface area contributed by atoms with E-state index in [1.165, 1.54) is 5.56 Å². The third-order valence-corrected chi connectivity index (χ3v) is 4.87. The lowest BCUT2D eigenvalue weighted by atomic mass is 9.87. The SMILES string of the molecule is C=S(=O)(c1ccc(C(C)(C)C)cc1)N(C)C. The first-order valence-electron chi connectivity index (χ1n) is 5.31. The molecule has 0 aliphatic rings. The maximum atomic E-state index is 12.3. The summed E-state index contributed by atoms with van der Waals surface area (Å²) >= 11 is 0. The van der Waals surface area contributed by atoms with Gasteiger partial charge in [0.05, 0.1) is 9.71 Å². The molecule has 1 atom stereocenters. The lowest BCUT2D eigenvalue weighted by Gasteiger charge is -2.21. The highest BCUT2D eigenvalue weighted by Crippen LogP contribution is 2.23. The van der Waals surface area contributed by atoms with Crippen LogP contribution in [-0.2, 0) is 15.1 Å². The molecule has 3 heteroatoms. The average molecular weight is 239 g/mol. The average Bonchev–Trinajstić information content (AvgIpc) is 2.16. The van der Waals surface area contributed by atoms with Gasteiger partial charge in [0.1, 0.15) is 0 Å². The standard InChI is InChI=1S/C13H21NOS/c1-13(2,3)11-7-9-12(10-8-11)16(6,15)14(4)5/h7-10H,6H2,1-5H3. The molecular weight excluding hydrogens is 218 g/mol. The van der Waals surface area contributed by atoms with Gasteiger partial charge >= 0.3 is 0 Å². The number of hydrogen-bond donors (Lipinski definition) is 0. The predicted molar refractivity (Wildman–Crippen MR) is 72.4 cm³/mol. The van der Waals surface area contributed by atoms with Gasteiger partial charge in [0, 0.05) is 4.90 Å². The zero-order valence-electron chi connectivity index (χ0n) is 10.8. The largest absolute Gasteiger partial charge is 0.248 e. The number of rotatable bonds is 2. The van der Waals surface area contributed by atoms with Crippen molar-refractivity contribution in [3.05, 3.63) is 29.8 Å². The summed E-state index contributed by atoms with van der Waals surface area (Å²) in [5.74, 6) is 3.79. The van der Waals surface area contributed by atoms with Gasteiger partial charge in [-0.25, -0.2) is 8.51 Å². The zero-order chi connectivity index (χ0) is 12.6. The molecule has 1 rings (SSSR count). The van der Waals surface area contributed by atoms with Crippen LogP contribution in [0.25, 0.3) is 0 Å². The van der Waals surface area contributed by atoms with Crippen LogP contribution in [0, 0.1) is 0 Å². The van der Waals surface area contributed by atoms with Crippen molar-refractivity contribution in [1.29, 1.82) is 0 Å². The molecule has 0 aliphatic heterocycles. The van der Waals surface area contributed by atoms with E-state index < -0.39 is 9.71 Å². The predicted octanol–water partition coefficient (Wildman–Crippen LogP) is 2.54. The van der Waals surface area contributed by atoms with Crippen LogP contribution in [0.2, 0.25) is 0 Å². The van der Waals surface area contributed by atoms with Crippen LogP contribution in [0.3, 0.4) is 0 Å². The third-order valence-electron chi connectivity index (χ3n) is 2.68. The molecule has 1 aromatic rings. The van der Waals surface area contributed by atoms with E-state index in [0.717, 1.165) is 4.90 Å². The van der Waals surface area contributed by atoms with Gasteiger partial charge in [-0.2, -0.15) is 0 Å². The Bertz CT molecular complexity index is 450. The summed E-state index contributed by atoms with van der Waals surface area (Å²) in [5.41, 5.74) is 1.36. The van der Waals surface area contributed by atoms with E-state index in [2.05, 4.69) is 26.6 Å². The zero-order valence-corrected chi connectivity index (χ0v) is 11.6. The van der Waals surface area contributed by atoms with Crippen LogP contribution in [0.1, 0.15) is 26.3 Å². The van der Waals surface area contributed by atoms with E-state index in [-0.39, 0.29) is 5.41 Å². The lowest BCUT2D eigenvalue weighted by Crippen LogP contribution is -2.22. The molecular formula is C13H21NOS. The highest BCUT2D eigenvalue weighted by atomic mass is 32.2. The molecule has 0 amide bonds. The highest BCUT2D eigenvalue weighted by molar-refractivity contribution is 7.98. The van der Waals surface area contributed by atoms with Gasteiger partial charge in [-0.05, 0) is 43.1 Å². The quantitative estimate of drug-likeness (QED) is 0.726. The molecule has 0 spiro atoms. The Hall–Kier alpha value is -0.800. The van der Waals surface area contributed by atoms with E-state index in [9.17, 15) is 4.21 Å². The molecule has 0 fully saturated rings. The number of hydrogen-bond acceptors (Lipinski definition) is 1. The van der Waals surface area contributed by atoms with Crippen molar-refractivity contribution in [3.63, 3.8) is 0 Å². The molecule has 0 aromatic heterocycles. The molecule has 2 nitrogen and oxygen atoms in total. The van der Waals surface area contributed by atoms with Crippen molar-refractivity contribution in [2.45, 2.75) is 31.1 Å². The van der Waals surface area contributed by atoms with Crippen LogP contribution in [-0.4, -0.2) is 28.5 Å². The maximum absolute atomic E-state index is 12.3. The van der Waals surface area contributed by atoms with Crippen molar-refractivity contribution in [1.82, 2.24) is 4.31 Å². The molecule has 0 saturated heterocycles. The van der Waals surface area contributed by atoms with Gasteiger partial charge in [-0.15, -0.1) is 0 Å². The van der Waals surface area contributed by atoms with E-state index >= 15 is 0 Å². The summed E-state index contributed by atoms with van der Waals surface area (Å²) in [6, 6.07) is 7.89. The Kier molecular flexibility index (Phi) is 3.50. The molecule has 0 bridgehead atoms. The van der Waals surface area contributed by atoms with Crippen molar-refractivity contribution >= 4 is 15.6 Å². The fourth-order valence-corrected chi connectivity index (χ4v) is 2.36. The van der Waals surface area contributed by atoms with Crippen LogP contribution in [0.15, 0.2) is 29.2 Å². The molecule has 0 radical (unpaired) electrons. The number of nitrogens with zero attached hydrogens (tertiary/aromatic N) is 1. The summed E-state index contributed by atoms with van der Waals surface area (Å²) in [7, 11) is 1.26. The molecule has 16 heavy (non-hydrogen) atoms. The van der Waals surface area contributed by atoms with Gasteiger partial charge in [0.2, 0.25) is 0 Å². The smallest absolute Gasteiger partial charge is 0.0553 e. The Morgan fingerprint density at radius 1 is 1.12 bits per heavy atom. The first-order valence-corrected chi connectivity index (χ1v) is 6.99. The van der Waals surface area contributed by atoms with Crippen molar-refractivity contribution in [2.75, 3.05) is 14.1 Å². The molecule has 0 saturated carbocycles. The summed E-state index contributed by atoms with van der Waals surface area (Å²) < 4.78 is 13.9. The minimum atomic E-state index is -2.31. The molecule has 90 valence electrons. The fraction of sp³-hybridized carbons (Fsp3) is 0.462. The summed E-state index contributed by atoms with van der Waals surface area (Å²) in [5, 5.41) is 0. The first-order chi connectivity index (χ1) is 7.15. The van der Waals surface area contributed by atoms with Crippen molar-refractivity contribution < 1.29 is 4.21 Å². The van der Waals surface area contributed by atoms with Gasteiger partial charge < -0.3 is 0 Å².